The quantitative estimate of drug-likeness (QED) is 0.616. The molecule has 2 aromatic carbocycles. The van der Waals surface area contributed by atoms with E-state index < -0.39 is 5.91 Å². The predicted molar refractivity (Wildman–Crippen MR) is 118 cm³/mol. The monoisotopic (exact) mass is 423 g/mol. The van der Waals surface area contributed by atoms with E-state index in [2.05, 4.69) is 23.9 Å². The van der Waals surface area contributed by atoms with Crippen LogP contribution in [0.25, 0.3) is 11.3 Å². The molecule has 0 saturated carbocycles. The zero-order valence-corrected chi connectivity index (χ0v) is 17.9. The van der Waals surface area contributed by atoms with Gasteiger partial charge in [-0.2, -0.15) is 0 Å². The van der Waals surface area contributed by atoms with Crippen LogP contribution in [0.5, 0.6) is 11.5 Å². The van der Waals surface area contributed by atoms with Gasteiger partial charge in [0.1, 0.15) is 17.3 Å². The third-order valence-electron chi connectivity index (χ3n) is 5.48. The highest BCUT2D eigenvalue weighted by molar-refractivity contribution is 5.89. The zero-order chi connectivity index (χ0) is 22.3. The van der Waals surface area contributed by atoms with Crippen molar-refractivity contribution in [2.24, 2.45) is 5.73 Å². The first-order valence-corrected chi connectivity index (χ1v) is 10.4. The Morgan fingerprint density at radius 3 is 2.13 bits per heavy atom. The van der Waals surface area contributed by atoms with E-state index in [9.17, 15) is 9.18 Å². The number of hydrogen-bond donors (Lipinski definition) is 1. The van der Waals surface area contributed by atoms with Crippen molar-refractivity contribution in [3.05, 3.63) is 72.4 Å². The summed E-state index contributed by atoms with van der Waals surface area (Å²) in [5.74, 6) is 0.112. The van der Waals surface area contributed by atoms with Gasteiger partial charge in [0, 0.05) is 24.6 Å². The van der Waals surface area contributed by atoms with Crippen LogP contribution in [-0.4, -0.2) is 47.0 Å². The van der Waals surface area contributed by atoms with Crippen LogP contribution in [0.4, 0.5) is 4.39 Å². The highest BCUT2D eigenvalue weighted by atomic mass is 19.1. The summed E-state index contributed by atoms with van der Waals surface area (Å²) in [5, 5.41) is 0. The third kappa shape index (κ3) is 6.33. The van der Waals surface area contributed by atoms with E-state index in [4.69, 9.17) is 10.5 Å². The largest absolute Gasteiger partial charge is 0.457 e. The molecule has 0 radical (unpaired) electrons. The van der Waals surface area contributed by atoms with Gasteiger partial charge < -0.3 is 15.0 Å². The van der Waals surface area contributed by atoms with Crippen molar-refractivity contribution in [2.45, 2.75) is 19.8 Å². The van der Waals surface area contributed by atoms with Crippen molar-refractivity contribution in [1.29, 1.82) is 0 Å². The Bertz CT molecular complexity index is 1000. The Morgan fingerprint density at radius 1 is 1.03 bits per heavy atom. The Morgan fingerprint density at radius 2 is 1.61 bits per heavy atom. The fourth-order valence-electron chi connectivity index (χ4n) is 3.39. The first-order valence-electron chi connectivity index (χ1n) is 10.4. The molecule has 4 rings (SSSR count). The normalized spacial score (nSPS) is 14.4. The van der Waals surface area contributed by atoms with Crippen LogP contribution < -0.4 is 10.5 Å². The van der Waals surface area contributed by atoms with Crippen LogP contribution in [0.2, 0.25) is 0 Å². The van der Waals surface area contributed by atoms with Gasteiger partial charge in [-0.3, -0.25) is 4.79 Å². The lowest BCUT2D eigenvalue weighted by atomic mass is 10.1. The Balaban J connectivity index is 0.000000287. The van der Waals surface area contributed by atoms with Gasteiger partial charge in [-0.15, -0.1) is 0 Å². The minimum Gasteiger partial charge on any atom is -0.457 e. The van der Waals surface area contributed by atoms with Crippen molar-refractivity contribution in [2.75, 3.05) is 26.7 Å². The lowest BCUT2D eigenvalue weighted by Crippen LogP contribution is -2.40. The number of rotatable bonds is 5. The smallest absolute Gasteiger partial charge is 0.286 e. The molecule has 1 aromatic heterocycles. The van der Waals surface area contributed by atoms with Crippen LogP contribution in [-0.2, 0) is 0 Å². The Labute approximate surface area is 182 Å². The molecule has 3 aromatic rings. The SMILES string of the molecule is CC[N+]1(C)CCCC1.NC(=O)c1nccc(-c2ccc(Oc3ccc(F)cc3)cc2)n1. The molecule has 6 nitrogen and oxygen atoms in total. The van der Waals surface area contributed by atoms with Gasteiger partial charge in [0.15, 0.2) is 0 Å². The molecular weight excluding hydrogens is 395 g/mol. The van der Waals surface area contributed by atoms with Gasteiger partial charge in [-0.1, -0.05) is 0 Å². The molecule has 2 N–H and O–H groups in total. The summed E-state index contributed by atoms with van der Waals surface area (Å²) in [6, 6.07) is 14.5. The number of primary amides is 1. The molecule has 0 aliphatic carbocycles. The van der Waals surface area contributed by atoms with Crippen molar-refractivity contribution in [1.82, 2.24) is 9.97 Å². The first-order chi connectivity index (χ1) is 14.9. The third-order valence-corrected chi connectivity index (χ3v) is 5.48. The number of nitrogens with zero attached hydrogens (tertiary/aromatic N) is 3. The Hall–Kier alpha value is -3.32. The second-order valence-electron chi connectivity index (χ2n) is 7.80. The lowest BCUT2D eigenvalue weighted by molar-refractivity contribution is -0.895. The van der Waals surface area contributed by atoms with Crippen molar-refractivity contribution in [3.8, 4) is 22.8 Å². The summed E-state index contributed by atoms with van der Waals surface area (Å²) in [5.41, 5.74) is 6.55. The number of carbonyl (C=O) groups excluding carboxylic acids is 1. The molecule has 31 heavy (non-hydrogen) atoms. The van der Waals surface area contributed by atoms with Crippen LogP contribution in [0, 0.1) is 5.82 Å². The van der Waals surface area contributed by atoms with Crippen molar-refractivity contribution in [3.63, 3.8) is 0 Å². The molecule has 1 amide bonds. The second kappa shape index (κ2) is 10.1. The number of likely N-dealkylation sites (tertiary alicyclic amines) is 1. The maximum absolute atomic E-state index is 12.9. The number of ether oxygens (including phenoxy) is 1. The number of hydrogen-bond acceptors (Lipinski definition) is 4. The van der Waals surface area contributed by atoms with Gasteiger partial charge in [0.2, 0.25) is 5.82 Å². The molecule has 7 heteroatoms. The molecule has 0 atom stereocenters. The summed E-state index contributed by atoms with van der Waals surface area (Å²) in [4.78, 5) is 19.0. The maximum atomic E-state index is 12.9. The van der Waals surface area contributed by atoms with Crippen LogP contribution in [0.3, 0.4) is 0 Å². The summed E-state index contributed by atoms with van der Waals surface area (Å²) in [6.45, 7) is 6.43. The Kier molecular flexibility index (Phi) is 7.31. The molecule has 1 aliphatic rings. The van der Waals surface area contributed by atoms with Crippen molar-refractivity contribution < 1.29 is 18.4 Å². The second-order valence-corrected chi connectivity index (χ2v) is 7.80. The summed E-state index contributed by atoms with van der Waals surface area (Å²) in [6.07, 6.45) is 4.38. The minimum atomic E-state index is -0.678. The van der Waals surface area contributed by atoms with E-state index in [0.29, 0.717) is 17.2 Å². The van der Waals surface area contributed by atoms with Gasteiger partial charge >= 0.3 is 0 Å². The van der Waals surface area contributed by atoms with E-state index >= 15 is 0 Å². The number of quaternary nitrogens is 1. The van der Waals surface area contributed by atoms with Crippen LogP contribution in [0.15, 0.2) is 60.8 Å². The highest BCUT2D eigenvalue weighted by Gasteiger charge is 2.23. The summed E-state index contributed by atoms with van der Waals surface area (Å²) in [7, 11) is 2.35. The standard InChI is InChI=1S/C17H12FN3O2.C7H16N/c18-12-3-7-14(8-4-12)23-13-5-1-11(2-6-13)15-9-10-20-17(21-15)16(19)22;1-3-8(2)6-4-5-7-8/h1-10H,(H2,19,22);3-7H2,1-2H3/q;+1. The molecule has 0 spiro atoms. The van der Waals surface area contributed by atoms with Crippen molar-refractivity contribution >= 4 is 5.91 Å². The lowest BCUT2D eigenvalue weighted by Gasteiger charge is -2.26. The number of carbonyl (C=O) groups is 1. The number of nitrogens with two attached hydrogens (primary N) is 1. The van der Waals surface area contributed by atoms with Gasteiger partial charge in [0.25, 0.3) is 5.91 Å². The van der Waals surface area contributed by atoms with Gasteiger partial charge in [-0.05, 0) is 61.5 Å². The number of aromatic nitrogens is 2. The van der Waals surface area contributed by atoms with Gasteiger partial charge in [0.05, 0.1) is 32.4 Å². The molecule has 1 saturated heterocycles. The molecule has 1 aliphatic heterocycles. The molecule has 0 bridgehead atoms. The fraction of sp³-hybridized carbons (Fsp3) is 0.292. The number of amides is 1. The van der Waals surface area contributed by atoms with E-state index in [1.165, 1.54) is 55.3 Å². The predicted octanol–water partition coefficient (Wildman–Crippen LogP) is 4.42. The molecule has 2 heterocycles. The number of halogens is 1. The van der Waals surface area contributed by atoms with Crippen LogP contribution in [0.1, 0.15) is 30.4 Å². The maximum Gasteiger partial charge on any atom is 0.286 e. The average Bonchev–Trinajstić information content (AvgIpc) is 3.23. The van der Waals surface area contributed by atoms with E-state index in [0.717, 1.165) is 5.56 Å². The van der Waals surface area contributed by atoms with Gasteiger partial charge in [-0.25, -0.2) is 14.4 Å². The molecule has 0 unspecified atom stereocenters. The average molecular weight is 424 g/mol. The summed E-state index contributed by atoms with van der Waals surface area (Å²) >= 11 is 0. The fourth-order valence-corrected chi connectivity index (χ4v) is 3.39. The minimum absolute atomic E-state index is 0.0332. The molecule has 162 valence electrons. The molecule has 1 fully saturated rings. The molecular formula is C24H28FN4O2+. The first kappa shape index (κ1) is 22.4. The van der Waals surface area contributed by atoms with E-state index in [1.807, 2.05) is 0 Å². The van der Waals surface area contributed by atoms with E-state index in [-0.39, 0.29) is 11.6 Å². The topological polar surface area (TPSA) is 78.1 Å². The number of benzene rings is 2. The summed E-state index contributed by atoms with van der Waals surface area (Å²) < 4.78 is 19.8. The highest BCUT2D eigenvalue weighted by Crippen LogP contribution is 2.25. The van der Waals surface area contributed by atoms with Crippen LogP contribution >= 0.6 is 0 Å². The van der Waals surface area contributed by atoms with E-state index in [1.54, 1.807) is 42.5 Å². The zero-order valence-electron chi connectivity index (χ0n) is 17.9.